The Balaban J connectivity index is 1.46. The van der Waals surface area contributed by atoms with E-state index in [2.05, 4.69) is 66.8 Å². The van der Waals surface area contributed by atoms with Crippen LogP contribution in [0.3, 0.4) is 0 Å². The smallest absolute Gasteiger partial charge is 0.117 e. The lowest BCUT2D eigenvalue weighted by atomic mass is 9.97. The summed E-state index contributed by atoms with van der Waals surface area (Å²) in [4.78, 5) is 1.83. The highest BCUT2D eigenvalue weighted by molar-refractivity contribution is 5.60. The molecular formula is C25H30N4. The molecule has 0 saturated carbocycles. The van der Waals surface area contributed by atoms with Crippen LogP contribution in [0.15, 0.2) is 66.2 Å². The lowest BCUT2D eigenvalue weighted by Crippen LogP contribution is -2.17. The van der Waals surface area contributed by atoms with Crippen molar-refractivity contribution in [2.45, 2.75) is 52.1 Å². The van der Waals surface area contributed by atoms with Gasteiger partial charge in [0.2, 0.25) is 0 Å². The fourth-order valence-corrected chi connectivity index (χ4v) is 3.95. The summed E-state index contributed by atoms with van der Waals surface area (Å²) in [7, 11) is 0. The molecule has 150 valence electrons. The maximum atomic E-state index is 4.83. The number of aromatic nitrogens is 3. The molecule has 1 aliphatic carbocycles. The van der Waals surface area contributed by atoms with Gasteiger partial charge < -0.3 is 5.32 Å². The molecule has 4 nitrogen and oxygen atoms in total. The SMILES string of the molecule is Cc1cccc(Cn2nc(CNCCC3=CCCCC3)c(-c3ccccc3)n2)c1. The van der Waals surface area contributed by atoms with Crippen LogP contribution in [0.25, 0.3) is 11.3 Å². The van der Waals surface area contributed by atoms with Crippen molar-refractivity contribution in [1.82, 2.24) is 20.3 Å². The fraction of sp³-hybridized carbons (Fsp3) is 0.360. The molecule has 1 aromatic heterocycles. The summed E-state index contributed by atoms with van der Waals surface area (Å²) in [5, 5.41) is 13.2. The molecule has 1 N–H and O–H groups in total. The molecule has 0 spiro atoms. The van der Waals surface area contributed by atoms with Gasteiger partial charge in [-0.25, -0.2) is 0 Å². The third-order valence-electron chi connectivity index (χ3n) is 5.48. The summed E-state index contributed by atoms with van der Waals surface area (Å²) in [6, 6.07) is 18.9. The number of nitrogens with zero attached hydrogens (tertiary/aromatic N) is 3. The summed E-state index contributed by atoms with van der Waals surface area (Å²) in [5.41, 5.74) is 7.20. The van der Waals surface area contributed by atoms with E-state index in [4.69, 9.17) is 10.2 Å². The van der Waals surface area contributed by atoms with E-state index in [1.54, 1.807) is 5.57 Å². The van der Waals surface area contributed by atoms with Crippen molar-refractivity contribution < 1.29 is 0 Å². The first-order valence-corrected chi connectivity index (χ1v) is 10.7. The van der Waals surface area contributed by atoms with Crippen molar-refractivity contribution >= 4 is 0 Å². The van der Waals surface area contributed by atoms with Gasteiger partial charge in [0, 0.05) is 12.1 Å². The van der Waals surface area contributed by atoms with Gasteiger partial charge in [-0.15, -0.1) is 0 Å². The number of nitrogens with one attached hydrogen (secondary N) is 1. The molecule has 0 fully saturated rings. The zero-order chi connectivity index (χ0) is 19.9. The van der Waals surface area contributed by atoms with Crippen LogP contribution in [0.1, 0.15) is 48.9 Å². The fourth-order valence-electron chi connectivity index (χ4n) is 3.95. The van der Waals surface area contributed by atoms with Crippen molar-refractivity contribution in [3.8, 4) is 11.3 Å². The molecule has 4 rings (SSSR count). The molecule has 4 heteroatoms. The molecule has 0 unspecified atom stereocenters. The Bertz CT molecular complexity index is 956. The second kappa shape index (κ2) is 9.66. The monoisotopic (exact) mass is 386 g/mol. The summed E-state index contributed by atoms with van der Waals surface area (Å²) in [5.74, 6) is 0. The van der Waals surface area contributed by atoms with Gasteiger partial charge in [-0.3, -0.25) is 0 Å². The van der Waals surface area contributed by atoms with Crippen molar-refractivity contribution in [2.75, 3.05) is 6.54 Å². The van der Waals surface area contributed by atoms with Crippen LogP contribution in [0.2, 0.25) is 0 Å². The highest BCUT2D eigenvalue weighted by Crippen LogP contribution is 2.21. The van der Waals surface area contributed by atoms with E-state index in [0.29, 0.717) is 6.54 Å². The summed E-state index contributed by atoms with van der Waals surface area (Å²) in [6.07, 6.45) is 8.78. The van der Waals surface area contributed by atoms with Gasteiger partial charge in [0.15, 0.2) is 0 Å². The maximum Gasteiger partial charge on any atom is 0.117 e. The first-order chi connectivity index (χ1) is 14.3. The molecule has 0 amide bonds. The van der Waals surface area contributed by atoms with Crippen LogP contribution < -0.4 is 5.32 Å². The highest BCUT2D eigenvalue weighted by Gasteiger charge is 2.13. The lowest BCUT2D eigenvalue weighted by Gasteiger charge is -2.12. The number of allylic oxidation sites excluding steroid dienone is 1. The van der Waals surface area contributed by atoms with E-state index in [9.17, 15) is 0 Å². The number of hydrogen-bond donors (Lipinski definition) is 1. The van der Waals surface area contributed by atoms with E-state index in [1.807, 2.05) is 10.9 Å². The molecule has 0 saturated heterocycles. The molecule has 0 atom stereocenters. The van der Waals surface area contributed by atoms with Crippen LogP contribution in [0, 0.1) is 6.92 Å². The highest BCUT2D eigenvalue weighted by atomic mass is 15.5. The molecule has 0 radical (unpaired) electrons. The third kappa shape index (κ3) is 5.42. The van der Waals surface area contributed by atoms with Crippen LogP contribution in [-0.2, 0) is 13.1 Å². The van der Waals surface area contributed by atoms with Gasteiger partial charge in [0.1, 0.15) is 11.4 Å². The zero-order valence-corrected chi connectivity index (χ0v) is 17.3. The van der Waals surface area contributed by atoms with Crippen molar-refractivity contribution in [3.05, 3.63) is 83.1 Å². The van der Waals surface area contributed by atoms with Crippen LogP contribution >= 0.6 is 0 Å². The summed E-state index contributed by atoms with van der Waals surface area (Å²) < 4.78 is 0. The molecule has 1 heterocycles. The topological polar surface area (TPSA) is 42.7 Å². The Morgan fingerprint density at radius 1 is 1.00 bits per heavy atom. The van der Waals surface area contributed by atoms with E-state index in [0.717, 1.165) is 36.5 Å². The quantitative estimate of drug-likeness (QED) is 0.423. The van der Waals surface area contributed by atoms with Gasteiger partial charge in [0.25, 0.3) is 0 Å². The third-order valence-corrected chi connectivity index (χ3v) is 5.48. The summed E-state index contributed by atoms with van der Waals surface area (Å²) >= 11 is 0. The molecule has 3 aromatic rings. The molecule has 2 aromatic carbocycles. The van der Waals surface area contributed by atoms with Gasteiger partial charge in [0.05, 0.1) is 6.54 Å². The first kappa shape index (κ1) is 19.6. The Morgan fingerprint density at radius 2 is 1.90 bits per heavy atom. The predicted octanol–water partition coefficient (Wildman–Crippen LogP) is 5.28. The van der Waals surface area contributed by atoms with E-state index in [1.165, 1.54) is 36.8 Å². The van der Waals surface area contributed by atoms with Gasteiger partial charge in [-0.2, -0.15) is 15.0 Å². The van der Waals surface area contributed by atoms with Gasteiger partial charge in [-0.05, 0) is 51.1 Å². The molecule has 0 bridgehead atoms. The maximum absolute atomic E-state index is 4.83. The van der Waals surface area contributed by atoms with Crippen LogP contribution in [-0.4, -0.2) is 21.5 Å². The largest absolute Gasteiger partial charge is 0.311 e. The van der Waals surface area contributed by atoms with Gasteiger partial charge >= 0.3 is 0 Å². The lowest BCUT2D eigenvalue weighted by molar-refractivity contribution is 0.574. The molecule has 1 aliphatic rings. The first-order valence-electron chi connectivity index (χ1n) is 10.7. The minimum absolute atomic E-state index is 0.689. The van der Waals surface area contributed by atoms with Crippen LogP contribution in [0.4, 0.5) is 0 Å². The molecular weight excluding hydrogens is 356 g/mol. The summed E-state index contributed by atoms with van der Waals surface area (Å²) in [6.45, 7) is 4.54. The Labute approximate surface area is 173 Å². The van der Waals surface area contributed by atoms with Crippen molar-refractivity contribution in [2.24, 2.45) is 0 Å². The van der Waals surface area contributed by atoms with E-state index in [-0.39, 0.29) is 0 Å². The Hall–Kier alpha value is -2.72. The second-order valence-electron chi connectivity index (χ2n) is 7.92. The Kier molecular flexibility index (Phi) is 6.52. The minimum Gasteiger partial charge on any atom is -0.311 e. The average molecular weight is 387 g/mol. The van der Waals surface area contributed by atoms with Crippen LogP contribution in [0.5, 0.6) is 0 Å². The Morgan fingerprint density at radius 3 is 2.69 bits per heavy atom. The van der Waals surface area contributed by atoms with Crippen molar-refractivity contribution in [3.63, 3.8) is 0 Å². The molecule has 29 heavy (non-hydrogen) atoms. The second-order valence-corrected chi connectivity index (χ2v) is 7.92. The van der Waals surface area contributed by atoms with Gasteiger partial charge in [-0.1, -0.05) is 71.8 Å². The number of benzene rings is 2. The average Bonchev–Trinajstić information content (AvgIpc) is 3.15. The zero-order valence-electron chi connectivity index (χ0n) is 17.3. The predicted molar refractivity (Wildman–Crippen MR) is 119 cm³/mol. The van der Waals surface area contributed by atoms with E-state index >= 15 is 0 Å². The minimum atomic E-state index is 0.689. The molecule has 0 aliphatic heterocycles. The normalized spacial score (nSPS) is 14.0. The van der Waals surface area contributed by atoms with E-state index < -0.39 is 0 Å². The van der Waals surface area contributed by atoms with Crippen molar-refractivity contribution in [1.29, 1.82) is 0 Å². The standard InChI is InChI=1S/C25H30N4/c1-20-9-8-12-22(17-20)19-29-27-24(25(28-29)23-13-6-3-7-14-23)18-26-16-15-21-10-4-2-5-11-21/h3,6-10,12-14,17,26H,2,4-5,11,15-16,18-19H2,1H3. The number of rotatable bonds is 8. The number of aryl methyl sites for hydroxylation is 1. The number of hydrogen-bond acceptors (Lipinski definition) is 3.